The first kappa shape index (κ1) is 29.5. The SMILES string of the molecule is CN1CCN(c2nc(-c3ccc(C(=O)NC(C=O)(C4CCCC4)N4CC(C#CC5CC5)C5OCC(=O)C54)cc3F)cs2)CC1. The van der Waals surface area contributed by atoms with Crippen LogP contribution < -0.4 is 10.2 Å². The molecule has 7 rings (SSSR count). The number of piperazine rings is 1. The molecule has 2 aromatic rings. The summed E-state index contributed by atoms with van der Waals surface area (Å²) in [5.74, 6) is 5.42. The number of nitrogens with one attached hydrogen (secondary N) is 1. The second kappa shape index (κ2) is 12.0. The summed E-state index contributed by atoms with van der Waals surface area (Å²) in [5, 5.41) is 5.72. The monoisotopic (exact) mass is 619 g/mol. The van der Waals surface area contributed by atoms with E-state index in [9.17, 15) is 14.4 Å². The van der Waals surface area contributed by atoms with Crippen molar-refractivity contribution < 1.29 is 23.5 Å². The van der Waals surface area contributed by atoms with E-state index in [1.54, 1.807) is 12.1 Å². The summed E-state index contributed by atoms with van der Waals surface area (Å²) in [6, 6.07) is 3.71. The van der Waals surface area contributed by atoms with Crippen molar-refractivity contribution in [3.63, 3.8) is 0 Å². The molecule has 3 saturated heterocycles. The highest BCUT2D eigenvalue weighted by atomic mass is 32.1. The number of Topliss-reactive ketones (excluding diaryl/α,β-unsaturated/α-hetero) is 1. The fraction of sp³-hybridized carbons (Fsp3) is 0.576. The molecule has 1 aromatic carbocycles. The highest BCUT2D eigenvalue weighted by molar-refractivity contribution is 7.14. The number of carbonyl (C=O) groups is 3. The van der Waals surface area contributed by atoms with Crippen molar-refractivity contribution in [2.24, 2.45) is 17.8 Å². The van der Waals surface area contributed by atoms with Crippen LogP contribution in [0.1, 0.15) is 48.9 Å². The predicted octanol–water partition coefficient (Wildman–Crippen LogP) is 3.20. The first-order valence-electron chi connectivity index (χ1n) is 15.8. The van der Waals surface area contributed by atoms with Gasteiger partial charge < -0.3 is 19.9 Å². The molecule has 11 heteroatoms. The number of hydrogen-bond donors (Lipinski definition) is 1. The summed E-state index contributed by atoms with van der Waals surface area (Å²) in [7, 11) is 2.09. The normalized spacial score (nSPS) is 27.5. The molecule has 1 N–H and O–H groups in total. The van der Waals surface area contributed by atoms with E-state index in [1.165, 1.54) is 17.4 Å². The van der Waals surface area contributed by atoms with Gasteiger partial charge in [-0.15, -0.1) is 11.3 Å². The lowest BCUT2D eigenvalue weighted by Crippen LogP contribution is -2.68. The summed E-state index contributed by atoms with van der Waals surface area (Å²) in [5.41, 5.74) is -0.455. The second-order valence-corrected chi connectivity index (χ2v) is 13.7. The van der Waals surface area contributed by atoms with Crippen LogP contribution in [0.25, 0.3) is 11.3 Å². The molecule has 3 aliphatic heterocycles. The Kier molecular flexibility index (Phi) is 8.04. The number of likely N-dealkylation sites (tertiary alicyclic amines) is 1. The van der Waals surface area contributed by atoms with Crippen LogP contribution in [-0.4, -0.2) is 96.9 Å². The number of aldehydes is 1. The topological polar surface area (TPSA) is 95.1 Å². The standard InChI is InChI=1S/C33H38FN5O4S/c1-37-12-14-38(15-13-37)32-35-27(19-44-32)25-11-10-22(16-26(25)34)31(42)36-33(20-40,24-4-2-3-5-24)39-17-23(9-8-21-6-7-21)30-29(39)28(41)18-43-30/h10-11,16,19-21,23-24,29-30H,2-7,12-15,17-18H2,1H3,(H,36,42). The molecule has 2 saturated carbocycles. The fourth-order valence-electron chi connectivity index (χ4n) is 7.23. The molecule has 4 unspecified atom stereocenters. The van der Waals surface area contributed by atoms with Gasteiger partial charge >= 0.3 is 0 Å². The van der Waals surface area contributed by atoms with Gasteiger partial charge in [0.15, 0.2) is 22.9 Å². The smallest absolute Gasteiger partial charge is 0.253 e. The van der Waals surface area contributed by atoms with E-state index in [2.05, 4.69) is 34.0 Å². The lowest BCUT2D eigenvalue weighted by Gasteiger charge is -2.44. The van der Waals surface area contributed by atoms with Gasteiger partial charge in [-0.1, -0.05) is 24.7 Å². The third-order valence-electron chi connectivity index (χ3n) is 9.95. The first-order valence-corrected chi connectivity index (χ1v) is 16.6. The van der Waals surface area contributed by atoms with Crippen LogP contribution in [0.5, 0.6) is 0 Å². The van der Waals surface area contributed by atoms with E-state index >= 15 is 4.39 Å². The van der Waals surface area contributed by atoms with Gasteiger partial charge in [-0.25, -0.2) is 9.37 Å². The Balaban J connectivity index is 1.14. The Morgan fingerprint density at radius 3 is 2.64 bits per heavy atom. The van der Waals surface area contributed by atoms with Crippen molar-refractivity contribution in [3.8, 4) is 23.1 Å². The van der Waals surface area contributed by atoms with Gasteiger partial charge in [0.2, 0.25) is 0 Å². The third-order valence-corrected chi connectivity index (χ3v) is 10.9. The van der Waals surface area contributed by atoms with Gasteiger partial charge in [0.05, 0.1) is 17.7 Å². The number of ketones is 1. The number of hydrogen-bond acceptors (Lipinski definition) is 9. The molecular formula is C33H38FN5O4S. The molecule has 44 heavy (non-hydrogen) atoms. The number of carbonyl (C=O) groups excluding carboxylic acids is 3. The number of rotatable bonds is 7. The van der Waals surface area contributed by atoms with Gasteiger partial charge in [-0.2, -0.15) is 0 Å². The van der Waals surface area contributed by atoms with Crippen molar-refractivity contribution in [1.29, 1.82) is 0 Å². The molecule has 232 valence electrons. The van der Waals surface area contributed by atoms with Gasteiger partial charge in [-0.05, 0) is 50.9 Å². The molecule has 4 heterocycles. The molecule has 0 radical (unpaired) electrons. The van der Waals surface area contributed by atoms with E-state index < -0.39 is 29.5 Å². The molecule has 1 amide bonds. The number of ether oxygens (including phenoxy) is 1. The number of amides is 1. The van der Waals surface area contributed by atoms with Crippen molar-refractivity contribution in [2.45, 2.75) is 56.3 Å². The van der Waals surface area contributed by atoms with Gasteiger partial charge in [-0.3, -0.25) is 19.3 Å². The zero-order valence-corrected chi connectivity index (χ0v) is 25.8. The molecule has 4 atom stereocenters. The Morgan fingerprint density at radius 1 is 1.16 bits per heavy atom. The Bertz CT molecular complexity index is 1500. The molecule has 1 aromatic heterocycles. The average molecular weight is 620 g/mol. The van der Waals surface area contributed by atoms with Crippen LogP contribution in [0.15, 0.2) is 23.6 Å². The minimum atomic E-state index is -1.42. The minimum Gasteiger partial charge on any atom is -0.367 e. The van der Waals surface area contributed by atoms with Crippen LogP contribution in [0.3, 0.4) is 0 Å². The second-order valence-electron chi connectivity index (χ2n) is 12.9. The highest BCUT2D eigenvalue weighted by Crippen LogP contribution is 2.43. The molecule has 5 aliphatic rings. The zero-order chi connectivity index (χ0) is 30.4. The molecule has 9 nitrogen and oxygen atoms in total. The maximum atomic E-state index is 15.6. The Hall–Kier alpha value is -3.17. The number of likely N-dealkylation sites (N-methyl/N-ethyl adjacent to an activating group) is 1. The number of aromatic nitrogens is 1. The van der Waals surface area contributed by atoms with E-state index in [1.807, 2.05) is 10.3 Å². The maximum Gasteiger partial charge on any atom is 0.253 e. The van der Waals surface area contributed by atoms with Gasteiger partial charge in [0.1, 0.15) is 18.5 Å². The maximum absolute atomic E-state index is 15.6. The summed E-state index contributed by atoms with van der Waals surface area (Å²) in [6.45, 7) is 3.96. The number of thiazole rings is 1. The summed E-state index contributed by atoms with van der Waals surface area (Å²) < 4.78 is 21.5. The molecule has 0 spiro atoms. The molecule has 2 aliphatic carbocycles. The van der Waals surface area contributed by atoms with E-state index in [0.29, 0.717) is 23.7 Å². The van der Waals surface area contributed by atoms with Gasteiger partial charge in [0.25, 0.3) is 5.91 Å². The largest absolute Gasteiger partial charge is 0.367 e. The van der Waals surface area contributed by atoms with Crippen molar-refractivity contribution >= 4 is 34.4 Å². The summed E-state index contributed by atoms with van der Waals surface area (Å²) in [6.07, 6.45) is 5.88. The minimum absolute atomic E-state index is 0.0270. The van der Waals surface area contributed by atoms with E-state index in [4.69, 9.17) is 9.72 Å². The van der Waals surface area contributed by atoms with Crippen LogP contribution in [0.2, 0.25) is 0 Å². The number of nitrogens with zero attached hydrogens (tertiary/aromatic N) is 4. The van der Waals surface area contributed by atoms with Crippen LogP contribution in [0.4, 0.5) is 9.52 Å². The van der Waals surface area contributed by atoms with E-state index in [0.717, 1.165) is 76.1 Å². The summed E-state index contributed by atoms with van der Waals surface area (Å²) >= 11 is 1.49. The summed E-state index contributed by atoms with van der Waals surface area (Å²) in [4.78, 5) is 51.1. The number of fused-ring (bicyclic) bond motifs is 1. The Labute approximate surface area is 261 Å². The van der Waals surface area contributed by atoms with E-state index in [-0.39, 0.29) is 29.8 Å². The quantitative estimate of drug-likeness (QED) is 0.373. The lowest BCUT2D eigenvalue weighted by molar-refractivity contribution is -0.131. The lowest BCUT2D eigenvalue weighted by atomic mass is 9.88. The number of benzene rings is 1. The van der Waals surface area contributed by atoms with Crippen molar-refractivity contribution in [1.82, 2.24) is 20.1 Å². The first-order chi connectivity index (χ1) is 21.4. The highest BCUT2D eigenvalue weighted by Gasteiger charge is 2.59. The van der Waals surface area contributed by atoms with Crippen LogP contribution in [0, 0.1) is 35.4 Å². The van der Waals surface area contributed by atoms with Crippen molar-refractivity contribution in [2.75, 3.05) is 51.3 Å². The zero-order valence-electron chi connectivity index (χ0n) is 25.0. The van der Waals surface area contributed by atoms with Crippen LogP contribution in [-0.2, 0) is 14.3 Å². The third kappa shape index (κ3) is 5.47. The fourth-order valence-corrected chi connectivity index (χ4v) is 8.11. The molecular weight excluding hydrogens is 581 g/mol. The molecule has 5 fully saturated rings. The predicted molar refractivity (Wildman–Crippen MR) is 165 cm³/mol. The van der Waals surface area contributed by atoms with Crippen molar-refractivity contribution in [3.05, 3.63) is 35.0 Å². The Morgan fingerprint density at radius 2 is 1.93 bits per heavy atom. The number of halogens is 1. The number of anilines is 1. The molecule has 0 bridgehead atoms. The van der Waals surface area contributed by atoms with Gasteiger partial charge in [0, 0.05) is 61.1 Å². The van der Waals surface area contributed by atoms with Crippen LogP contribution >= 0.6 is 11.3 Å². The average Bonchev–Trinajstić information content (AvgIpc) is 3.44.